The van der Waals surface area contributed by atoms with Gasteiger partial charge < -0.3 is 4.90 Å². The van der Waals surface area contributed by atoms with Gasteiger partial charge in [-0.15, -0.1) is 0 Å². The maximum Gasteiger partial charge on any atom is 0.433 e. The summed E-state index contributed by atoms with van der Waals surface area (Å²) in [5, 5.41) is 0. The second kappa shape index (κ2) is 3.72. The summed E-state index contributed by atoms with van der Waals surface area (Å²) in [6.07, 6.45) is -2.56. The van der Waals surface area contributed by atoms with Crippen LogP contribution in [0.4, 0.5) is 18.9 Å². The molecule has 82 valence electrons. The minimum atomic E-state index is -4.39. The monoisotopic (exact) mass is 217 g/mol. The molecule has 15 heavy (non-hydrogen) atoms. The first-order valence-electron chi connectivity index (χ1n) is 5.25. The van der Waals surface area contributed by atoms with Crippen LogP contribution in [0.15, 0.2) is 18.3 Å². The number of hydrogen-bond acceptors (Lipinski definition) is 2. The second-order valence-electron chi connectivity index (χ2n) is 3.42. The molecule has 2 rings (SSSR count). The van der Waals surface area contributed by atoms with Crippen LogP contribution in [0, 0.1) is 0 Å². The number of alkyl halides is 3. The third-order valence-corrected chi connectivity index (χ3v) is 2.36. The maximum atomic E-state index is 12.3. The van der Waals surface area contributed by atoms with Crippen molar-refractivity contribution in [3.05, 3.63) is 24.0 Å². The lowest BCUT2D eigenvalue weighted by atomic mass is 10.3. The highest BCUT2D eigenvalue weighted by Crippen LogP contribution is 2.29. The molecule has 1 aliphatic heterocycles. The predicted octanol–water partition coefficient (Wildman–Crippen LogP) is 2.70. The Kier molecular flexibility index (Phi) is 2.23. The van der Waals surface area contributed by atoms with E-state index in [-0.39, 0.29) is 6.40 Å². The van der Waals surface area contributed by atoms with Gasteiger partial charge >= 0.3 is 6.18 Å². The van der Waals surface area contributed by atoms with Gasteiger partial charge in [-0.05, 0) is 25.0 Å². The van der Waals surface area contributed by atoms with Gasteiger partial charge in [-0.25, -0.2) is 4.98 Å². The van der Waals surface area contributed by atoms with Crippen LogP contribution < -0.4 is 4.90 Å². The van der Waals surface area contributed by atoms with E-state index < -0.39 is 11.9 Å². The Morgan fingerprint density at radius 3 is 2.60 bits per heavy atom. The number of rotatable bonds is 1. The Morgan fingerprint density at radius 1 is 1.33 bits per heavy atom. The molecule has 0 saturated carbocycles. The molecule has 1 fully saturated rings. The van der Waals surface area contributed by atoms with E-state index >= 15 is 0 Å². The summed E-state index contributed by atoms with van der Waals surface area (Å²) in [7, 11) is 0. The molecule has 0 aliphatic carbocycles. The first-order valence-corrected chi connectivity index (χ1v) is 4.67. The van der Waals surface area contributed by atoms with Crippen molar-refractivity contribution >= 4 is 5.69 Å². The van der Waals surface area contributed by atoms with Crippen molar-refractivity contribution in [1.82, 2.24) is 4.98 Å². The molecular formula is C10H11F3N2. The minimum Gasteiger partial charge on any atom is -0.370 e. The second-order valence-corrected chi connectivity index (χ2v) is 3.42. The van der Waals surface area contributed by atoms with Crippen molar-refractivity contribution in [1.29, 1.82) is 0 Å². The standard InChI is InChI=1S/C10H11F3N2/c11-10(12,13)9-4-3-8(7-14-9)15-5-1-2-6-15/h3-4,7H,1-2,5-6H2/i1D/t1-/m1/s1. The van der Waals surface area contributed by atoms with Crippen molar-refractivity contribution in [2.24, 2.45) is 0 Å². The molecule has 1 aliphatic rings. The Bertz CT molecular complexity index is 363. The fraction of sp³-hybridized carbons (Fsp3) is 0.500. The van der Waals surface area contributed by atoms with Crippen LogP contribution >= 0.6 is 0 Å². The normalized spacial score (nSPS) is 23.0. The highest BCUT2D eigenvalue weighted by atomic mass is 19.4. The molecule has 1 atom stereocenters. The molecule has 5 heteroatoms. The molecular weight excluding hydrogens is 205 g/mol. The van der Waals surface area contributed by atoms with Gasteiger partial charge in [0.1, 0.15) is 5.69 Å². The number of nitrogens with zero attached hydrogens (tertiary/aromatic N) is 2. The van der Waals surface area contributed by atoms with E-state index in [4.69, 9.17) is 1.37 Å². The first kappa shape index (κ1) is 9.00. The van der Waals surface area contributed by atoms with Gasteiger partial charge in [0, 0.05) is 14.5 Å². The molecule has 0 bridgehead atoms. The summed E-state index contributed by atoms with van der Waals surface area (Å²) >= 11 is 0. The molecule has 0 amide bonds. The van der Waals surface area contributed by atoms with Crippen LogP contribution in [0.2, 0.25) is 0 Å². The number of halogens is 3. The Morgan fingerprint density at radius 2 is 2.13 bits per heavy atom. The Labute approximate surface area is 87.1 Å². The van der Waals surface area contributed by atoms with E-state index in [9.17, 15) is 13.2 Å². The van der Waals surface area contributed by atoms with E-state index in [1.807, 2.05) is 4.90 Å². The summed E-state index contributed by atoms with van der Waals surface area (Å²) in [5.74, 6) is 0. The Balaban J connectivity index is 2.14. The average molecular weight is 217 g/mol. The van der Waals surface area contributed by atoms with E-state index in [2.05, 4.69) is 4.98 Å². The van der Waals surface area contributed by atoms with Crippen LogP contribution in [0.1, 0.15) is 19.9 Å². The van der Waals surface area contributed by atoms with Crippen LogP contribution in [-0.2, 0) is 6.18 Å². The molecule has 0 aromatic carbocycles. The van der Waals surface area contributed by atoms with Crippen molar-refractivity contribution in [2.45, 2.75) is 19.0 Å². The SMILES string of the molecule is [2H][C@@H]1CCN(c2ccc(C(F)(F)F)nc2)C1. The van der Waals surface area contributed by atoms with Crippen molar-refractivity contribution in [3.63, 3.8) is 0 Å². The quantitative estimate of drug-likeness (QED) is 0.719. The summed E-state index contributed by atoms with van der Waals surface area (Å²) in [5.41, 5.74) is -0.222. The van der Waals surface area contributed by atoms with Crippen LogP contribution in [-0.4, -0.2) is 18.1 Å². The van der Waals surface area contributed by atoms with Gasteiger partial charge in [0.25, 0.3) is 0 Å². The van der Waals surface area contributed by atoms with Crippen molar-refractivity contribution < 1.29 is 14.5 Å². The molecule has 2 heterocycles. The van der Waals surface area contributed by atoms with Crippen LogP contribution in [0.3, 0.4) is 0 Å². The zero-order valence-electron chi connectivity index (χ0n) is 8.96. The predicted molar refractivity (Wildman–Crippen MR) is 50.7 cm³/mol. The highest BCUT2D eigenvalue weighted by Gasteiger charge is 2.32. The van der Waals surface area contributed by atoms with E-state index in [0.717, 1.165) is 12.5 Å². The van der Waals surface area contributed by atoms with Gasteiger partial charge in [0.15, 0.2) is 0 Å². The number of pyridine rings is 1. The topological polar surface area (TPSA) is 16.1 Å². The first-order chi connectivity index (χ1) is 7.47. The number of anilines is 1. The molecule has 0 spiro atoms. The fourth-order valence-corrected chi connectivity index (χ4v) is 1.56. The summed E-state index contributed by atoms with van der Waals surface area (Å²) in [4.78, 5) is 5.27. The molecule has 1 saturated heterocycles. The minimum absolute atomic E-state index is 0.151. The molecule has 1 aromatic heterocycles. The largest absolute Gasteiger partial charge is 0.433 e. The highest BCUT2D eigenvalue weighted by molar-refractivity contribution is 5.45. The smallest absolute Gasteiger partial charge is 0.370 e. The zero-order valence-corrected chi connectivity index (χ0v) is 7.96. The molecule has 0 unspecified atom stereocenters. The lowest BCUT2D eigenvalue weighted by molar-refractivity contribution is -0.141. The lowest BCUT2D eigenvalue weighted by Gasteiger charge is -2.17. The zero-order chi connectivity index (χ0) is 11.8. The fourth-order valence-electron chi connectivity index (χ4n) is 1.56. The lowest BCUT2D eigenvalue weighted by Crippen LogP contribution is -2.18. The van der Waals surface area contributed by atoms with Crippen molar-refractivity contribution in [2.75, 3.05) is 18.0 Å². The molecule has 0 N–H and O–H groups in total. The van der Waals surface area contributed by atoms with E-state index in [1.54, 1.807) is 0 Å². The van der Waals surface area contributed by atoms with Gasteiger partial charge in [-0.2, -0.15) is 13.2 Å². The van der Waals surface area contributed by atoms with Gasteiger partial charge in [-0.1, -0.05) is 0 Å². The molecule has 2 nitrogen and oxygen atoms in total. The van der Waals surface area contributed by atoms with Crippen molar-refractivity contribution in [3.8, 4) is 0 Å². The van der Waals surface area contributed by atoms with E-state index in [1.165, 1.54) is 12.3 Å². The summed E-state index contributed by atoms with van der Waals surface area (Å²) in [6, 6.07) is 2.39. The van der Waals surface area contributed by atoms with Crippen LogP contribution in [0.25, 0.3) is 0 Å². The van der Waals surface area contributed by atoms with Gasteiger partial charge in [-0.3, -0.25) is 0 Å². The maximum absolute atomic E-state index is 12.3. The summed E-state index contributed by atoms with van der Waals surface area (Å²) in [6.45, 7) is 1.27. The third-order valence-electron chi connectivity index (χ3n) is 2.36. The number of aromatic nitrogens is 1. The molecule has 1 aromatic rings. The summed E-state index contributed by atoms with van der Waals surface area (Å²) < 4.78 is 44.3. The average Bonchev–Trinajstić information content (AvgIpc) is 2.64. The van der Waals surface area contributed by atoms with E-state index in [0.29, 0.717) is 18.8 Å². The Hall–Kier alpha value is -1.26. The van der Waals surface area contributed by atoms with Crippen LogP contribution in [0.5, 0.6) is 0 Å². The van der Waals surface area contributed by atoms with Gasteiger partial charge in [0.05, 0.1) is 11.9 Å². The molecule has 0 radical (unpaired) electrons. The van der Waals surface area contributed by atoms with Gasteiger partial charge in [0.2, 0.25) is 0 Å². The number of hydrogen-bond donors (Lipinski definition) is 0. The third kappa shape index (κ3) is 2.22.